The number of hydrogen-bond donors (Lipinski definition) is 2. The standard InChI is InChI=1S/C9H15NO3.ClH/c1-3-10-5-4-8(11)7(6-10)9(12)13-2;/h11H,3-6H2,1-2H3;1H. The predicted molar refractivity (Wildman–Crippen MR) is 47.5 cm³/mol. The fourth-order valence-corrected chi connectivity index (χ4v) is 1.50. The third-order valence-electron chi connectivity index (χ3n) is 2.42. The number of esters is 1. The number of rotatable bonds is 2. The van der Waals surface area contributed by atoms with Crippen molar-refractivity contribution < 1.29 is 31.9 Å². The largest absolute Gasteiger partial charge is 1.00 e. The number of methoxy groups -OCH3 is 1. The van der Waals surface area contributed by atoms with E-state index in [0.717, 1.165) is 13.1 Å². The molecule has 1 aliphatic rings. The minimum absolute atomic E-state index is 0. The summed E-state index contributed by atoms with van der Waals surface area (Å²) in [5, 5.41) is 9.45. The van der Waals surface area contributed by atoms with Crippen molar-refractivity contribution >= 4 is 5.97 Å². The molecule has 5 heteroatoms. The van der Waals surface area contributed by atoms with Gasteiger partial charge in [-0.1, -0.05) is 0 Å². The Bertz CT molecular complexity index is 240. The van der Waals surface area contributed by atoms with Crippen LogP contribution in [0.5, 0.6) is 0 Å². The van der Waals surface area contributed by atoms with Crippen LogP contribution in [0.25, 0.3) is 0 Å². The molecule has 1 unspecified atom stereocenters. The summed E-state index contributed by atoms with van der Waals surface area (Å²) < 4.78 is 4.58. The van der Waals surface area contributed by atoms with Crippen molar-refractivity contribution in [1.29, 1.82) is 0 Å². The molecule has 4 nitrogen and oxygen atoms in total. The van der Waals surface area contributed by atoms with Crippen molar-refractivity contribution in [3.05, 3.63) is 11.3 Å². The Morgan fingerprint density at radius 2 is 2.29 bits per heavy atom. The second-order valence-electron chi connectivity index (χ2n) is 3.20. The topological polar surface area (TPSA) is 51.0 Å². The highest BCUT2D eigenvalue weighted by Gasteiger charge is 2.26. The molecule has 0 bridgehead atoms. The second kappa shape index (κ2) is 5.88. The highest BCUT2D eigenvalue weighted by atomic mass is 35.5. The van der Waals surface area contributed by atoms with E-state index in [1.54, 1.807) is 0 Å². The fraction of sp³-hybridized carbons (Fsp3) is 0.667. The molecule has 0 saturated carbocycles. The van der Waals surface area contributed by atoms with Crippen molar-refractivity contribution in [2.75, 3.05) is 26.7 Å². The highest BCUT2D eigenvalue weighted by Crippen LogP contribution is 2.08. The lowest BCUT2D eigenvalue weighted by molar-refractivity contribution is -0.895. The molecule has 1 aliphatic heterocycles. The maximum atomic E-state index is 11.2. The van der Waals surface area contributed by atoms with E-state index in [1.165, 1.54) is 12.0 Å². The average molecular weight is 222 g/mol. The van der Waals surface area contributed by atoms with E-state index in [2.05, 4.69) is 11.7 Å². The zero-order chi connectivity index (χ0) is 9.84. The molecule has 0 spiro atoms. The molecule has 14 heavy (non-hydrogen) atoms. The van der Waals surface area contributed by atoms with Gasteiger partial charge in [-0.15, -0.1) is 0 Å². The molecule has 0 amide bonds. The van der Waals surface area contributed by atoms with E-state index in [-0.39, 0.29) is 18.2 Å². The van der Waals surface area contributed by atoms with Crippen LogP contribution in [0.15, 0.2) is 11.3 Å². The molecule has 0 aliphatic carbocycles. The van der Waals surface area contributed by atoms with Crippen molar-refractivity contribution in [2.45, 2.75) is 13.3 Å². The second-order valence-corrected chi connectivity index (χ2v) is 3.20. The number of aliphatic hydroxyl groups excluding tert-OH is 1. The molecule has 0 aromatic carbocycles. The molecule has 1 rings (SSSR count). The molecule has 0 aromatic rings. The van der Waals surface area contributed by atoms with Crippen molar-refractivity contribution in [3.8, 4) is 0 Å². The molecule has 0 saturated heterocycles. The van der Waals surface area contributed by atoms with Crippen molar-refractivity contribution in [2.24, 2.45) is 0 Å². The quantitative estimate of drug-likeness (QED) is 0.472. The summed E-state index contributed by atoms with van der Waals surface area (Å²) in [6.45, 7) is 4.50. The molecule has 0 aromatic heterocycles. The van der Waals surface area contributed by atoms with Gasteiger partial charge in [0.15, 0.2) is 0 Å². The number of hydrogen-bond acceptors (Lipinski definition) is 3. The number of carbonyl (C=O) groups excluding carboxylic acids is 1. The molecular weight excluding hydrogens is 206 g/mol. The smallest absolute Gasteiger partial charge is 0.342 e. The van der Waals surface area contributed by atoms with Gasteiger partial charge in [-0.3, -0.25) is 0 Å². The Morgan fingerprint density at radius 1 is 1.64 bits per heavy atom. The van der Waals surface area contributed by atoms with Gasteiger partial charge < -0.3 is 27.2 Å². The van der Waals surface area contributed by atoms with Crippen LogP contribution in [-0.2, 0) is 9.53 Å². The zero-order valence-electron chi connectivity index (χ0n) is 8.47. The molecule has 2 N–H and O–H groups in total. The first-order valence-corrected chi connectivity index (χ1v) is 4.51. The lowest BCUT2D eigenvalue weighted by atomic mass is 10.1. The van der Waals surface area contributed by atoms with Crippen LogP contribution in [0, 0.1) is 0 Å². The molecule has 1 heterocycles. The summed E-state index contributed by atoms with van der Waals surface area (Å²) in [4.78, 5) is 12.5. The molecule has 1 atom stereocenters. The predicted octanol–water partition coefficient (Wildman–Crippen LogP) is -3.72. The number of ether oxygens (including phenoxy) is 1. The van der Waals surface area contributed by atoms with Crippen LogP contribution in [0.1, 0.15) is 13.3 Å². The summed E-state index contributed by atoms with van der Waals surface area (Å²) in [5.74, 6) is -0.202. The van der Waals surface area contributed by atoms with Crippen LogP contribution >= 0.6 is 0 Å². The number of likely N-dealkylation sites (N-methyl/N-ethyl adjacent to an activating group) is 1. The molecule has 0 radical (unpaired) electrons. The Kier molecular flexibility index (Phi) is 5.57. The molecule has 82 valence electrons. The van der Waals surface area contributed by atoms with Crippen LogP contribution < -0.4 is 17.3 Å². The number of aliphatic hydroxyl groups is 1. The Morgan fingerprint density at radius 3 is 2.79 bits per heavy atom. The number of nitrogens with one attached hydrogen (secondary N) is 1. The van der Waals surface area contributed by atoms with E-state index in [4.69, 9.17) is 0 Å². The van der Waals surface area contributed by atoms with Gasteiger partial charge in [-0.25, -0.2) is 4.79 Å². The van der Waals surface area contributed by atoms with Gasteiger partial charge in [0, 0.05) is 0 Å². The zero-order valence-corrected chi connectivity index (χ0v) is 9.23. The lowest BCUT2D eigenvalue weighted by Crippen LogP contribution is -3.12. The van der Waals surface area contributed by atoms with Gasteiger partial charge in [0.1, 0.15) is 17.9 Å². The van der Waals surface area contributed by atoms with Gasteiger partial charge in [-0.05, 0) is 6.92 Å². The number of halogens is 1. The van der Waals surface area contributed by atoms with Gasteiger partial charge in [0.25, 0.3) is 0 Å². The third kappa shape index (κ3) is 2.89. The normalized spacial score (nSPS) is 21.4. The fourth-order valence-electron chi connectivity index (χ4n) is 1.50. The van der Waals surface area contributed by atoms with Crippen LogP contribution in [0.2, 0.25) is 0 Å². The number of quaternary nitrogens is 1. The van der Waals surface area contributed by atoms with Gasteiger partial charge >= 0.3 is 5.97 Å². The molecular formula is C9H16ClNO3. The van der Waals surface area contributed by atoms with E-state index in [9.17, 15) is 9.90 Å². The summed E-state index contributed by atoms with van der Waals surface area (Å²) >= 11 is 0. The summed E-state index contributed by atoms with van der Waals surface area (Å²) in [6, 6.07) is 0. The number of carbonyl (C=O) groups is 1. The molecule has 0 fully saturated rings. The highest BCUT2D eigenvalue weighted by molar-refractivity contribution is 5.89. The Balaban J connectivity index is 0.00000169. The summed E-state index contributed by atoms with van der Waals surface area (Å²) in [7, 11) is 1.34. The van der Waals surface area contributed by atoms with E-state index in [1.807, 2.05) is 0 Å². The van der Waals surface area contributed by atoms with Crippen LogP contribution in [-0.4, -0.2) is 37.8 Å². The minimum atomic E-state index is -0.400. The average Bonchev–Trinajstić information content (AvgIpc) is 2.17. The summed E-state index contributed by atoms with van der Waals surface area (Å²) in [5.41, 5.74) is 0.436. The van der Waals surface area contributed by atoms with Gasteiger partial charge in [-0.2, -0.15) is 0 Å². The van der Waals surface area contributed by atoms with E-state index in [0.29, 0.717) is 18.5 Å². The maximum Gasteiger partial charge on any atom is 0.342 e. The summed E-state index contributed by atoms with van der Waals surface area (Å²) in [6.07, 6.45) is 0.577. The minimum Gasteiger partial charge on any atom is -1.00 e. The third-order valence-corrected chi connectivity index (χ3v) is 2.42. The SMILES string of the molecule is CC[NH+]1CCC(O)=C(C(=O)OC)C1.[Cl-]. The van der Waals surface area contributed by atoms with E-state index >= 15 is 0 Å². The first kappa shape index (κ1) is 13.3. The first-order chi connectivity index (χ1) is 6.19. The van der Waals surface area contributed by atoms with Gasteiger partial charge in [0.2, 0.25) is 0 Å². The van der Waals surface area contributed by atoms with Crippen LogP contribution in [0.3, 0.4) is 0 Å². The van der Waals surface area contributed by atoms with Gasteiger partial charge in [0.05, 0.1) is 26.6 Å². The Hall–Kier alpha value is -0.740. The van der Waals surface area contributed by atoms with Crippen molar-refractivity contribution in [1.82, 2.24) is 0 Å². The monoisotopic (exact) mass is 221 g/mol. The van der Waals surface area contributed by atoms with Crippen molar-refractivity contribution in [3.63, 3.8) is 0 Å². The lowest BCUT2D eigenvalue weighted by Gasteiger charge is -2.23. The maximum absolute atomic E-state index is 11.2. The Labute approximate surface area is 89.9 Å². The van der Waals surface area contributed by atoms with Crippen LogP contribution in [0.4, 0.5) is 0 Å². The first-order valence-electron chi connectivity index (χ1n) is 4.51. The van der Waals surface area contributed by atoms with E-state index < -0.39 is 5.97 Å².